The summed E-state index contributed by atoms with van der Waals surface area (Å²) in [5, 5.41) is 3.00. The van der Waals surface area contributed by atoms with Crippen molar-refractivity contribution in [3.05, 3.63) is 76.7 Å². The number of hydrogen-bond acceptors (Lipinski definition) is 6. The van der Waals surface area contributed by atoms with Crippen molar-refractivity contribution >= 4 is 51.9 Å². The second-order valence-electron chi connectivity index (χ2n) is 7.01. The maximum Gasteiger partial charge on any atom is 0.293 e. The second kappa shape index (κ2) is 9.74. The zero-order valence-corrected chi connectivity index (χ0v) is 18.4. The van der Waals surface area contributed by atoms with Gasteiger partial charge in [0.15, 0.2) is 11.3 Å². The van der Waals surface area contributed by atoms with Crippen molar-refractivity contribution in [3.63, 3.8) is 0 Å². The zero-order chi connectivity index (χ0) is 23.4. The van der Waals surface area contributed by atoms with E-state index in [0.29, 0.717) is 17.1 Å². The highest BCUT2D eigenvalue weighted by Crippen LogP contribution is 2.32. The molecule has 0 radical (unpaired) electrons. The van der Waals surface area contributed by atoms with Crippen LogP contribution in [0, 0.1) is 5.82 Å². The molecule has 0 saturated carbocycles. The molecule has 4 rings (SSSR count). The van der Waals surface area contributed by atoms with Gasteiger partial charge >= 0.3 is 0 Å². The Balaban J connectivity index is 1.33. The lowest BCUT2D eigenvalue weighted by molar-refractivity contribution is -0.123. The molecule has 7 nitrogen and oxygen atoms in total. The van der Waals surface area contributed by atoms with E-state index in [4.69, 9.17) is 9.15 Å². The summed E-state index contributed by atoms with van der Waals surface area (Å²) in [7, 11) is 1.55. The van der Waals surface area contributed by atoms with Gasteiger partial charge in [0.25, 0.3) is 11.1 Å². The van der Waals surface area contributed by atoms with Crippen LogP contribution in [-0.4, -0.2) is 42.2 Å². The monoisotopic (exact) mass is 466 g/mol. The Kier molecular flexibility index (Phi) is 6.60. The van der Waals surface area contributed by atoms with Crippen molar-refractivity contribution in [3.8, 4) is 5.75 Å². The van der Waals surface area contributed by atoms with Gasteiger partial charge in [-0.05, 0) is 42.1 Å². The van der Waals surface area contributed by atoms with E-state index in [0.717, 1.165) is 22.0 Å². The number of rotatable bonds is 7. The number of fused-ring (bicyclic) bond motifs is 1. The van der Waals surface area contributed by atoms with E-state index in [1.165, 1.54) is 30.4 Å². The minimum Gasteiger partial charge on any atom is -0.493 e. The standard InChI is InChI=1S/C24H19FN2O5S/c1-31-19-8-4-6-16-13-17(32-22(16)19)9-10-21(28)26-11-12-27-23(29)20(33-24(27)30)14-15-5-2-3-7-18(15)25/h2-10,13-14H,11-12H2,1H3,(H,26,28)/b10-9+,20-14-. The fourth-order valence-corrected chi connectivity index (χ4v) is 4.09. The summed E-state index contributed by atoms with van der Waals surface area (Å²) >= 11 is 0.739. The quantitative estimate of drug-likeness (QED) is 0.518. The van der Waals surface area contributed by atoms with E-state index in [-0.39, 0.29) is 23.6 Å². The van der Waals surface area contributed by atoms with Crippen LogP contribution in [0.4, 0.5) is 9.18 Å². The molecule has 1 N–H and O–H groups in total. The summed E-state index contributed by atoms with van der Waals surface area (Å²) in [6, 6.07) is 13.3. The lowest BCUT2D eigenvalue weighted by Crippen LogP contribution is -2.36. The smallest absolute Gasteiger partial charge is 0.293 e. The van der Waals surface area contributed by atoms with Crippen LogP contribution < -0.4 is 10.1 Å². The molecular weight excluding hydrogens is 447 g/mol. The second-order valence-corrected chi connectivity index (χ2v) is 8.00. The van der Waals surface area contributed by atoms with E-state index in [1.54, 1.807) is 31.4 Å². The number of hydrogen-bond donors (Lipinski definition) is 1. The molecule has 9 heteroatoms. The lowest BCUT2D eigenvalue weighted by atomic mass is 10.2. The first kappa shape index (κ1) is 22.3. The maximum atomic E-state index is 13.8. The summed E-state index contributed by atoms with van der Waals surface area (Å²) in [5.74, 6) is -0.330. The molecular formula is C24H19FN2O5S. The third-order valence-corrected chi connectivity index (χ3v) is 5.75. The Morgan fingerprint density at radius 3 is 2.82 bits per heavy atom. The number of amides is 3. The molecule has 168 valence electrons. The first-order valence-corrected chi connectivity index (χ1v) is 10.8. The van der Waals surface area contributed by atoms with Crippen molar-refractivity contribution in [2.45, 2.75) is 0 Å². The van der Waals surface area contributed by atoms with E-state index in [9.17, 15) is 18.8 Å². The van der Waals surface area contributed by atoms with Crippen molar-refractivity contribution in [1.82, 2.24) is 10.2 Å². The van der Waals surface area contributed by atoms with Crippen LogP contribution >= 0.6 is 11.8 Å². The van der Waals surface area contributed by atoms with Crippen molar-refractivity contribution in [2.75, 3.05) is 20.2 Å². The Morgan fingerprint density at radius 1 is 1.21 bits per heavy atom. The first-order chi connectivity index (χ1) is 16.0. The molecule has 3 amide bonds. The number of nitrogens with zero attached hydrogens (tertiary/aromatic N) is 1. The van der Waals surface area contributed by atoms with Gasteiger partial charge in [-0.2, -0.15) is 0 Å². The molecule has 1 aromatic heterocycles. The molecule has 2 heterocycles. The molecule has 2 aromatic carbocycles. The molecule has 0 spiro atoms. The summed E-state index contributed by atoms with van der Waals surface area (Å²) in [4.78, 5) is 38.0. The summed E-state index contributed by atoms with van der Waals surface area (Å²) in [6.45, 7) is 0.0723. The SMILES string of the molecule is COc1cccc2cc(/C=C/C(=O)NCCN3C(=O)S/C(=C\c4ccccc4F)C3=O)oc12. The average molecular weight is 466 g/mol. The third-order valence-electron chi connectivity index (χ3n) is 4.85. The van der Waals surface area contributed by atoms with E-state index in [2.05, 4.69) is 5.32 Å². The summed E-state index contributed by atoms with van der Waals surface area (Å²) < 4.78 is 24.8. The lowest BCUT2D eigenvalue weighted by Gasteiger charge is -2.12. The van der Waals surface area contributed by atoms with Crippen LogP contribution in [0.2, 0.25) is 0 Å². The highest BCUT2D eigenvalue weighted by molar-refractivity contribution is 8.18. The number of halogens is 1. The normalized spacial score (nSPS) is 15.2. The number of imide groups is 1. The van der Waals surface area contributed by atoms with Crippen LogP contribution in [0.5, 0.6) is 5.75 Å². The number of nitrogens with one attached hydrogen (secondary N) is 1. The van der Waals surface area contributed by atoms with E-state index < -0.39 is 22.9 Å². The van der Waals surface area contributed by atoms with Gasteiger partial charge in [-0.3, -0.25) is 19.3 Å². The van der Waals surface area contributed by atoms with E-state index >= 15 is 0 Å². The van der Waals surface area contributed by atoms with E-state index in [1.807, 2.05) is 12.1 Å². The first-order valence-electron chi connectivity index (χ1n) is 9.98. The number of methoxy groups -OCH3 is 1. The van der Waals surface area contributed by atoms with Crippen LogP contribution in [0.3, 0.4) is 0 Å². The molecule has 3 aromatic rings. The molecule has 0 atom stereocenters. The Labute approximate surface area is 192 Å². The van der Waals surface area contributed by atoms with Gasteiger partial charge in [0.2, 0.25) is 5.91 Å². The van der Waals surface area contributed by atoms with Gasteiger partial charge in [-0.25, -0.2) is 4.39 Å². The average Bonchev–Trinajstić information content (AvgIpc) is 3.34. The minimum atomic E-state index is -0.519. The van der Waals surface area contributed by atoms with Crippen LogP contribution in [-0.2, 0) is 9.59 Å². The van der Waals surface area contributed by atoms with Crippen LogP contribution in [0.15, 0.2) is 63.9 Å². The summed E-state index contributed by atoms with van der Waals surface area (Å²) in [6.07, 6.45) is 4.17. The van der Waals surface area contributed by atoms with Crippen molar-refractivity contribution in [1.29, 1.82) is 0 Å². The van der Waals surface area contributed by atoms with Crippen molar-refractivity contribution in [2.24, 2.45) is 0 Å². The number of ether oxygens (including phenoxy) is 1. The predicted octanol–water partition coefficient (Wildman–Crippen LogP) is 4.45. The van der Waals surface area contributed by atoms with Crippen LogP contribution in [0.25, 0.3) is 23.1 Å². The fourth-order valence-electron chi connectivity index (χ4n) is 3.23. The molecule has 1 saturated heterocycles. The molecule has 33 heavy (non-hydrogen) atoms. The third kappa shape index (κ3) is 4.98. The molecule has 1 aliphatic heterocycles. The topological polar surface area (TPSA) is 88.9 Å². The Bertz CT molecular complexity index is 1300. The number of carbonyl (C=O) groups is 3. The molecule has 0 bridgehead atoms. The highest BCUT2D eigenvalue weighted by Gasteiger charge is 2.34. The number of thioether (sulfide) groups is 1. The van der Waals surface area contributed by atoms with Gasteiger partial charge in [-0.15, -0.1) is 0 Å². The molecule has 1 fully saturated rings. The van der Waals surface area contributed by atoms with Crippen molar-refractivity contribution < 1.29 is 27.9 Å². The molecule has 1 aliphatic rings. The number of benzene rings is 2. The minimum absolute atomic E-state index is 0.000690. The Morgan fingerprint density at radius 2 is 2.03 bits per heavy atom. The van der Waals surface area contributed by atoms with Gasteiger partial charge in [0, 0.05) is 30.1 Å². The highest BCUT2D eigenvalue weighted by atomic mass is 32.2. The zero-order valence-electron chi connectivity index (χ0n) is 17.5. The summed E-state index contributed by atoms with van der Waals surface area (Å²) in [5.41, 5.74) is 0.813. The molecule has 0 unspecified atom stereocenters. The largest absolute Gasteiger partial charge is 0.493 e. The Hall–Kier alpha value is -3.85. The van der Waals surface area contributed by atoms with Crippen LogP contribution in [0.1, 0.15) is 11.3 Å². The fraction of sp³-hybridized carbons (Fsp3) is 0.125. The number of para-hydroxylation sites is 1. The number of carbonyl (C=O) groups excluding carboxylic acids is 3. The van der Waals surface area contributed by atoms with Gasteiger partial charge in [0.05, 0.1) is 12.0 Å². The van der Waals surface area contributed by atoms with Gasteiger partial charge in [0.1, 0.15) is 11.6 Å². The van der Waals surface area contributed by atoms with Gasteiger partial charge in [-0.1, -0.05) is 30.3 Å². The predicted molar refractivity (Wildman–Crippen MR) is 124 cm³/mol. The number of furan rings is 1. The van der Waals surface area contributed by atoms with Gasteiger partial charge < -0.3 is 14.5 Å². The maximum absolute atomic E-state index is 13.8. The molecule has 0 aliphatic carbocycles.